The van der Waals surface area contributed by atoms with E-state index in [9.17, 15) is 18.0 Å². The van der Waals surface area contributed by atoms with Gasteiger partial charge in [-0.25, -0.2) is 0 Å². The average Bonchev–Trinajstić information content (AvgIpc) is 2.35. The highest BCUT2D eigenvalue weighted by Crippen LogP contribution is 2.32. The number of hydrogen-bond acceptors (Lipinski definition) is 3. The number of ether oxygens (including phenoxy) is 1. The summed E-state index contributed by atoms with van der Waals surface area (Å²) < 4.78 is 42.7. The molecule has 0 unspecified atom stereocenters. The second kappa shape index (κ2) is 7.31. The van der Waals surface area contributed by atoms with E-state index in [1.165, 1.54) is 0 Å². The van der Waals surface area contributed by atoms with Crippen LogP contribution in [0.3, 0.4) is 0 Å². The van der Waals surface area contributed by atoms with Crippen molar-refractivity contribution in [2.75, 3.05) is 17.7 Å². The largest absolute Gasteiger partial charge is 0.416 e. The molecule has 0 heterocycles. The Morgan fingerprint density at radius 3 is 2.57 bits per heavy atom. The highest BCUT2D eigenvalue weighted by atomic mass is 19.4. The molecule has 0 aromatic heterocycles. The van der Waals surface area contributed by atoms with E-state index in [0.29, 0.717) is 13.0 Å². The van der Waals surface area contributed by atoms with Gasteiger partial charge in [-0.05, 0) is 38.5 Å². The highest BCUT2D eigenvalue weighted by molar-refractivity contribution is 5.93. The summed E-state index contributed by atoms with van der Waals surface area (Å²) in [6.07, 6.45) is -3.61. The quantitative estimate of drug-likeness (QED) is 0.625. The molecule has 0 fully saturated rings. The van der Waals surface area contributed by atoms with Gasteiger partial charge in [0.25, 0.3) is 0 Å². The molecule has 1 rings (SSSR count). The van der Waals surface area contributed by atoms with Crippen LogP contribution in [0.4, 0.5) is 24.5 Å². The number of carbonyl (C=O) groups excluding carboxylic acids is 1. The number of carbonyl (C=O) groups is 1. The summed E-state index contributed by atoms with van der Waals surface area (Å²) in [5, 5.41) is 2.49. The van der Waals surface area contributed by atoms with E-state index in [1.807, 2.05) is 13.8 Å². The van der Waals surface area contributed by atoms with Crippen molar-refractivity contribution in [1.29, 1.82) is 0 Å². The van der Waals surface area contributed by atoms with Crippen LogP contribution in [0.5, 0.6) is 0 Å². The third kappa shape index (κ3) is 6.03. The summed E-state index contributed by atoms with van der Waals surface area (Å²) >= 11 is 0. The number of nitrogen functional groups attached to an aromatic ring is 1. The number of rotatable bonds is 6. The molecule has 0 aliphatic rings. The Balaban J connectivity index is 2.53. The lowest BCUT2D eigenvalue weighted by Crippen LogP contribution is -2.15. The molecule has 7 heteroatoms. The van der Waals surface area contributed by atoms with Crippen molar-refractivity contribution in [2.45, 2.75) is 39.0 Å². The topological polar surface area (TPSA) is 64.3 Å². The predicted octanol–water partition coefficient (Wildman–Crippen LogP) is 3.43. The standard InChI is InChI=1S/C14H19F3N2O2/c1-9(2)21-7-3-4-13(20)19-12-6-5-10(8-11(12)18)14(15,16)17/h5-6,8-9H,3-4,7,18H2,1-2H3,(H,19,20). The highest BCUT2D eigenvalue weighted by Gasteiger charge is 2.30. The van der Waals surface area contributed by atoms with E-state index >= 15 is 0 Å². The molecular weight excluding hydrogens is 285 g/mol. The van der Waals surface area contributed by atoms with Crippen LogP contribution >= 0.6 is 0 Å². The summed E-state index contributed by atoms with van der Waals surface area (Å²) in [6, 6.07) is 2.84. The Bertz CT molecular complexity index is 488. The van der Waals surface area contributed by atoms with E-state index < -0.39 is 11.7 Å². The van der Waals surface area contributed by atoms with Crippen LogP contribution in [0.15, 0.2) is 18.2 Å². The van der Waals surface area contributed by atoms with Gasteiger partial charge in [0.15, 0.2) is 0 Å². The molecule has 118 valence electrons. The predicted molar refractivity (Wildman–Crippen MR) is 74.8 cm³/mol. The first-order valence-corrected chi connectivity index (χ1v) is 6.58. The van der Waals surface area contributed by atoms with Crippen LogP contribution in [0, 0.1) is 0 Å². The van der Waals surface area contributed by atoms with Crippen molar-refractivity contribution in [3.8, 4) is 0 Å². The van der Waals surface area contributed by atoms with Gasteiger partial charge in [0.2, 0.25) is 5.91 Å². The Kier molecular flexibility index (Phi) is 6.02. The minimum atomic E-state index is -4.45. The number of benzene rings is 1. The van der Waals surface area contributed by atoms with Gasteiger partial charge in [-0.15, -0.1) is 0 Å². The molecule has 0 aliphatic carbocycles. The van der Waals surface area contributed by atoms with Gasteiger partial charge in [0.05, 0.1) is 23.0 Å². The second-order valence-electron chi connectivity index (χ2n) is 4.87. The van der Waals surface area contributed by atoms with Crippen LogP contribution in [0.1, 0.15) is 32.3 Å². The lowest BCUT2D eigenvalue weighted by Gasteiger charge is -2.12. The van der Waals surface area contributed by atoms with E-state index in [2.05, 4.69) is 5.32 Å². The van der Waals surface area contributed by atoms with Crippen LogP contribution in [0.25, 0.3) is 0 Å². The Morgan fingerprint density at radius 2 is 2.05 bits per heavy atom. The van der Waals surface area contributed by atoms with Crippen LogP contribution in [-0.2, 0) is 15.7 Å². The van der Waals surface area contributed by atoms with E-state index in [0.717, 1.165) is 18.2 Å². The summed E-state index contributed by atoms with van der Waals surface area (Å²) in [7, 11) is 0. The lowest BCUT2D eigenvalue weighted by atomic mass is 10.1. The van der Waals surface area contributed by atoms with Gasteiger partial charge in [0, 0.05) is 13.0 Å². The normalized spacial score (nSPS) is 11.7. The molecule has 0 saturated heterocycles. The Hall–Kier alpha value is -1.76. The van der Waals surface area contributed by atoms with Crippen molar-refractivity contribution in [3.05, 3.63) is 23.8 Å². The summed E-state index contributed by atoms with van der Waals surface area (Å²) in [6.45, 7) is 4.24. The van der Waals surface area contributed by atoms with Gasteiger partial charge in [-0.1, -0.05) is 0 Å². The first-order valence-electron chi connectivity index (χ1n) is 6.58. The second-order valence-corrected chi connectivity index (χ2v) is 4.87. The molecule has 0 aliphatic heterocycles. The van der Waals surface area contributed by atoms with Gasteiger partial charge >= 0.3 is 6.18 Å². The molecule has 0 saturated carbocycles. The van der Waals surface area contributed by atoms with Crippen LogP contribution in [-0.4, -0.2) is 18.6 Å². The molecule has 1 amide bonds. The molecule has 0 radical (unpaired) electrons. The fourth-order valence-electron chi connectivity index (χ4n) is 1.62. The summed E-state index contributed by atoms with van der Waals surface area (Å²) in [5.41, 5.74) is 4.74. The van der Waals surface area contributed by atoms with Crippen molar-refractivity contribution < 1.29 is 22.7 Å². The molecule has 0 spiro atoms. The monoisotopic (exact) mass is 304 g/mol. The summed E-state index contributed by atoms with van der Waals surface area (Å²) in [5.74, 6) is -0.311. The van der Waals surface area contributed by atoms with Crippen molar-refractivity contribution in [1.82, 2.24) is 0 Å². The molecule has 0 bridgehead atoms. The maximum absolute atomic E-state index is 12.5. The van der Waals surface area contributed by atoms with Crippen LogP contribution in [0.2, 0.25) is 0 Å². The van der Waals surface area contributed by atoms with E-state index in [-0.39, 0.29) is 29.8 Å². The Labute approximate surface area is 121 Å². The summed E-state index contributed by atoms with van der Waals surface area (Å²) in [4.78, 5) is 11.6. The third-order valence-corrected chi connectivity index (χ3v) is 2.65. The minimum Gasteiger partial charge on any atom is -0.397 e. The molecular formula is C14H19F3N2O2. The number of amides is 1. The van der Waals surface area contributed by atoms with Crippen LogP contribution < -0.4 is 11.1 Å². The first-order chi connectivity index (χ1) is 9.70. The zero-order valence-electron chi connectivity index (χ0n) is 12.0. The van der Waals surface area contributed by atoms with Gasteiger partial charge in [0.1, 0.15) is 0 Å². The van der Waals surface area contributed by atoms with E-state index in [1.54, 1.807) is 0 Å². The number of nitrogens with two attached hydrogens (primary N) is 1. The van der Waals surface area contributed by atoms with Gasteiger partial charge in [-0.3, -0.25) is 4.79 Å². The number of anilines is 2. The smallest absolute Gasteiger partial charge is 0.397 e. The van der Waals surface area contributed by atoms with Crippen molar-refractivity contribution in [3.63, 3.8) is 0 Å². The fraction of sp³-hybridized carbons (Fsp3) is 0.500. The average molecular weight is 304 g/mol. The molecule has 0 atom stereocenters. The number of nitrogens with one attached hydrogen (secondary N) is 1. The van der Waals surface area contributed by atoms with Crippen molar-refractivity contribution in [2.24, 2.45) is 0 Å². The number of halogens is 3. The maximum atomic E-state index is 12.5. The molecule has 21 heavy (non-hydrogen) atoms. The first kappa shape index (κ1) is 17.3. The third-order valence-electron chi connectivity index (χ3n) is 2.65. The van der Waals surface area contributed by atoms with Crippen molar-refractivity contribution >= 4 is 17.3 Å². The van der Waals surface area contributed by atoms with Gasteiger partial charge < -0.3 is 15.8 Å². The lowest BCUT2D eigenvalue weighted by molar-refractivity contribution is -0.137. The zero-order valence-corrected chi connectivity index (χ0v) is 12.0. The Morgan fingerprint density at radius 1 is 1.38 bits per heavy atom. The van der Waals surface area contributed by atoms with E-state index in [4.69, 9.17) is 10.5 Å². The maximum Gasteiger partial charge on any atom is 0.416 e. The molecule has 3 N–H and O–H groups in total. The number of hydrogen-bond donors (Lipinski definition) is 2. The molecule has 1 aromatic carbocycles. The zero-order chi connectivity index (χ0) is 16.0. The fourth-order valence-corrected chi connectivity index (χ4v) is 1.62. The molecule has 1 aromatic rings. The number of alkyl halides is 3. The minimum absolute atomic E-state index is 0.0959. The molecule has 4 nitrogen and oxygen atoms in total. The SMILES string of the molecule is CC(C)OCCCC(=O)Nc1ccc(C(F)(F)F)cc1N. The van der Waals surface area contributed by atoms with Gasteiger partial charge in [-0.2, -0.15) is 13.2 Å².